The van der Waals surface area contributed by atoms with E-state index in [0.29, 0.717) is 28.4 Å². The van der Waals surface area contributed by atoms with Gasteiger partial charge in [-0.25, -0.2) is 0 Å². The third kappa shape index (κ3) is 2.87. The van der Waals surface area contributed by atoms with Crippen molar-refractivity contribution in [2.75, 3.05) is 28.4 Å². The molecule has 0 spiro atoms. The number of hydrogen-bond donors (Lipinski definition) is 0. The smallest absolute Gasteiger partial charge is 0.317 e. The fraction of sp³-hybridized carbons (Fsp3) is 0.524. The van der Waals surface area contributed by atoms with E-state index in [-0.39, 0.29) is 5.78 Å². The van der Waals surface area contributed by atoms with Crippen molar-refractivity contribution in [1.82, 2.24) is 0 Å². The maximum absolute atomic E-state index is 13.2. The molecule has 6 nitrogen and oxygen atoms in total. The summed E-state index contributed by atoms with van der Waals surface area (Å²) in [4.78, 5) is 25.8. The summed E-state index contributed by atoms with van der Waals surface area (Å²) in [5, 5.41) is 0. The van der Waals surface area contributed by atoms with E-state index in [1.807, 2.05) is 13.0 Å². The van der Waals surface area contributed by atoms with Crippen LogP contribution in [0.3, 0.4) is 0 Å². The Balaban J connectivity index is 2.29. The number of rotatable bonds is 5. The number of esters is 1. The number of ketones is 1. The van der Waals surface area contributed by atoms with E-state index >= 15 is 0 Å². The van der Waals surface area contributed by atoms with Crippen LogP contribution in [0, 0.1) is 11.3 Å². The van der Waals surface area contributed by atoms with Gasteiger partial charge in [0.15, 0.2) is 5.78 Å². The Morgan fingerprint density at radius 2 is 1.70 bits per heavy atom. The van der Waals surface area contributed by atoms with Gasteiger partial charge in [-0.15, -0.1) is 0 Å². The first-order valence-corrected chi connectivity index (χ1v) is 9.05. The molecule has 0 saturated heterocycles. The summed E-state index contributed by atoms with van der Waals surface area (Å²) in [6.07, 6.45) is 4.58. The molecule has 27 heavy (non-hydrogen) atoms. The molecule has 0 heterocycles. The van der Waals surface area contributed by atoms with E-state index in [9.17, 15) is 9.59 Å². The first-order valence-electron chi connectivity index (χ1n) is 9.05. The lowest BCUT2D eigenvalue weighted by Crippen LogP contribution is -2.31. The summed E-state index contributed by atoms with van der Waals surface area (Å²) in [6, 6.07) is 3.51. The minimum Gasteiger partial charge on any atom is -0.496 e. The van der Waals surface area contributed by atoms with Crippen LogP contribution in [-0.4, -0.2) is 40.2 Å². The molecule has 2 aliphatic rings. The Morgan fingerprint density at radius 3 is 2.22 bits per heavy atom. The summed E-state index contributed by atoms with van der Waals surface area (Å²) < 4.78 is 21.6. The first kappa shape index (κ1) is 19.3. The zero-order valence-corrected chi connectivity index (χ0v) is 16.5. The number of carbonyl (C=O) groups is 2. The van der Waals surface area contributed by atoms with Crippen molar-refractivity contribution < 1.29 is 28.5 Å². The van der Waals surface area contributed by atoms with Crippen LogP contribution in [-0.2, 0) is 14.3 Å². The van der Waals surface area contributed by atoms with Gasteiger partial charge in [0.2, 0.25) is 0 Å². The quantitative estimate of drug-likeness (QED) is 0.582. The highest BCUT2D eigenvalue weighted by atomic mass is 16.5. The summed E-state index contributed by atoms with van der Waals surface area (Å²) in [5.41, 5.74) is 0.940. The number of carbonyl (C=O) groups excluding carboxylic acids is 2. The van der Waals surface area contributed by atoms with Crippen LogP contribution in [0.15, 0.2) is 23.8 Å². The van der Waals surface area contributed by atoms with Crippen molar-refractivity contribution in [2.24, 2.45) is 11.3 Å². The molecule has 2 aliphatic carbocycles. The van der Waals surface area contributed by atoms with Crippen LogP contribution in [0.1, 0.15) is 37.7 Å². The molecule has 1 aromatic carbocycles. The Kier molecular flexibility index (Phi) is 5.18. The van der Waals surface area contributed by atoms with Gasteiger partial charge in [0.1, 0.15) is 23.2 Å². The van der Waals surface area contributed by atoms with E-state index in [4.69, 9.17) is 18.9 Å². The van der Waals surface area contributed by atoms with Crippen molar-refractivity contribution >= 4 is 11.8 Å². The minimum absolute atomic E-state index is 0.158. The van der Waals surface area contributed by atoms with Gasteiger partial charge in [-0.1, -0.05) is 13.0 Å². The first-order chi connectivity index (χ1) is 12.9. The predicted octanol–water partition coefficient (Wildman–Crippen LogP) is 3.28. The number of Topliss-reactive ketones (excluding diaryl/α,β-unsaturated/α-hetero) is 1. The van der Waals surface area contributed by atoms with Gasteiger partial charge in [-0.05, 0) is 24.8 Å². The number of methoxy groups -OCH3 is 4. The summed E-state index contributed by atoms with van der Waals surface area (Å²) in [5.74, 6) is -0.386. The predicted molar refractivity (Wildman–Crippen MR) is 99.4 cm³/mol. The van der Waals surface area contributed by atoms with Crippen molar-refractivity contribution in [3.8, 4) is 17.2 Å². The zero-order chi connectivity index (χ0) is 19.8. The fourth-order valence-corrected chi connectivity index (χ4v) is 4.67. The second kappa shape index (κ2) is 7.25. The van der Waals surface area contributed by atoms with Gasteiger partial charge >= 0.3 is 5.97 Å². The monoisotopic (exact) mass is 374 g/mol. The number of benzene rings is 1. The second-order valence-corrected chi connectivity index (χ2v) is 7.22. The third-order valence-corrected chi connectivity index (χ3v) is 5.95. The highest BCUT2D eigenvalue weighted by Crippen LogP contribution is 2.61. The van der Waals surface area contributed by atoms with E-state index < -0.39 is 23.2 Å². The fourth-order valence-electron chi connectivity index (χ4n) is 4.67. The molecule has 0 aliphatic heterocycles. The highest BCUT2D eigenvalue weighted by Gasteiger charge is 2.59. The van der Waals surface area contributed by atoms with Crippen LogP contribution >= 0.6 is 0 Å². The lowest BCUT2D eigenvalue weighted by atomic mass is 9.66. The molecule has 0 aromatic heterocycles. The average molecular weight is 374 g/mol. The van der Waals surface area contributed by atoms with Gasteiger partial charge < -0.3 is 18.9 Å². The van der Waals surface area contributed by atoms with E-state index in [2.05, 4.69) is 0 Å². The average Bonchev–Trinajstić information content (AvgIpc) is 2.93. The molecule has 1 saturated carbocycles. The van der Waals surface area contributed by atoms with Crippen molar-refractivity contribution in [3.05, 3.63) is 29.3 Å². The maximum atomic E-state index is 13.2. The van der Waals surface area contributed by atoms with Crippen molar-refractivity contribution in [1.29, 1.82) is 0 Å². The number of hydrogen-bond acceptors (Lipinski definition) is 6. The van der Waals surface area contributed by atoms with Crippen molar-refractivity contribution in [2.45, 2.75) is 32.1 Å². The van der Waals surface area contributed by atoms with Crippen LogP contribution in [0.25, 0.3) is 0 Å². The summed E-state index contributed by atoms with van der Waals surface area (Å²) in [7, 11) is 5.99. The largest absolute Gasteiger partial charge is 0.496 e. The Morgan fingerprint density at radius 1 is 1.07 bits per heavy atom. The van der Waals surface area contributed by atoms with Gasteiger partial charge in [-0.3, -0.25) is 9.59 Å². The number of ether oxygens (including phenoxy) is 4. The van der Waals surface area contributed by atoms with Crippen LogP contribution in [0.2, 0.25) is 0 Å². The molecular weight excluding hydrogens is 348 g/mol. The van der Waals surface area contributed by atoms with Gasteiger partial charge in [0.25, 0.3) is 0 Å². The second-order valence-electron chi connectivity index (χ2n) is 7.22. The molecule has 0 N–H and O–H groups in total. The molecule has 6 heteroatoms. The SMILES string of the molecule is COC(=O)[C@H]1C(=O)C2=CCCC[C@@]2(C)[C@@H]1c1c(OC)cc(OC)cc1OC. The third-order valence-electron chi connectivity index (χ3n) is 5.95. The lowest BCUT2D eigenvalue weighted by molar-refractivity contribution is -0.148. The Hall–Kier alpha value is -2.50. The summed E-state index contributed by atoms with van der Waals surface area (Å²) in [6.45, 7) is 2.05. The van der Waals surface area contributed by atoms with Crippen LogP contribution in [0.4, 0.5) is 0 Å². The minimum atomic E-state index is -0.916. The summed E-state index contributed by atoms with van der Waals surface area (Å²) >= 11 is 0. The van der Waals surface area contributed by atoms with E-state index in [1.54, 1.807) is 33.5 Å². The molecule has 3 rings (SSSR count). The molecular formula is C21H26O6. The highest BCUT2D eigenvalue weighted by molar-refractivity contribution is 6.13. The molecule has 1 fully saturated rings. The Bertz CT molecular complexity index is 771. The molecule has 1 aromatic rings. The van der Waals surface area contributed by atoms with Crippen LogP contribution < -0.4 is 14.2 Å². The van der Waals surface area contributed by atoms with Crippen LogP contribution in [0.5, 0.6) is 17.2 Å². The lowest BCUT2D eigenvalue weighted by Gasteiger charge is -2.37. The van der Waals surface area contributed by atoms with Gasteiger partial charge in [0.05, 0.1) is 28.4 Å². The maximum Gasteiger partial charge on any atom is 0.317 e. The zero-order valence-electron chi connectivity index (χ0n) is 16.5. The molecule has 146 valence electrons. The topological polar surface area (TPSA) is 71.1 Å². The van der Waals surface area contributed by atoms with E-state index in [0.717, 1.165) is 19.3 Å². The molecule has 0 radical (unpaired) electrons. The van der Waals surface area contributed by atoms with Gasteiger partial charge in [-0.2, -0.15) is 0 Å². The van der Waals surface area contributed by atoms with Gasteiger partial charge in [0, 0.05) is 29.0 Å². The standard InChI is InChI=1S/C21H26O6/c1-21-9-7-6-8-13(21)19(22)17(20(23)27-5)18(21)16-14(25-3)10-12(24-2)11-15(16)26-4/h8,10-11,17-18H,6-7,9H2,1-5H3/t17-,18-,21-/m1/s1. The van der Waals surface area contributed by atoms with E-state index in [1.165, 1.54) is 7.11 Å². The molecule has 0 unspecified atom stereocenters. The number of allylic oxidation sites excluding steroid dienone is 2. The number of fused-ring (bicyclic) bond motifs is 1. The Labute approximate surface area is 159 Å². The molecule has 0 amide bonds. The molecule has 0 bridgehead atoms. The normalized spacial score (nSPS) is 26.9. The molecule has 3 atom stereocenters. The van der Waals surface area contributed by atoms with Crippen molar-refractivity contribution in [3.63, 3.8) is 0 Å².